The van der Waals surface area contributed by atoms with E-state index < -0.39 is 0 Å². The summed E-state index contributed by atoms with van der Waals surface area (Å²) >= 11 is 7.59. The first kappa shape index (κ1) is 13.3. The van der Waals surface area contributed by atoms with Crippen LogP contribution in [-0.2, 0) is 7.05 Å². The second-order valence-corrected chi connectivity index (χ2v) is 6.28. The summed E-state index contributed by atoms with van der Waals surface area (Å²) < 4.78 is 8.11. The highest BCUT2D eigenvalue weighted by molar-refractivity contribution is 7.16. The van der Waals surface area contributed by atoms with Gasteiger partial charge in [-0.3, -0.25) is 4.68 Å². The minimum atomic E-state index is -0.0644. The highest BCUT2D eigenvalue weighted by atomic mass is 35.5. The van der Waals surface area contributed by atoms with Crippen LogP contribution in [0.3, 0.4) is 0 Å². The van der Waals surface area contributed by atoms with Gasteiger partial charge in [0, 0.05) is 18.1 Å². The molecule has 0 aliphatic heterocycles. The average molecular weight is 308 g/mol. The van der Waals surface area contributed by atoms with Crippen LogP contribution in [0.25, 0.3) is 0 Å². The molecule has 1 unspecified atom stereocenters. The van der Waals surface area contributed by atoms with Gasteiger partial charge >= 0.3 is 0 Å². The number of halogens is 1. The van der Waals surface area contributed by atoms with E-state index in [-0.39, 0.29) is 6.04 Å². The predicted molar refractivity (Wildman–Crippen MR) is 81.4 cm³/mol. The maximum absolute atomic E-state index is 6.05. The quantitative estimate of drug-likeness (QED) is 0.784. The summed E-state index contributed by atoms with van der Waals surface area (Å²) in [7, 11) is 1.90. The summed E-state index contributed by atoms with van der Waals surface area (Å²) in [4.78, 5) is 1.10. The Morgan fingerprint density at radius 2 is 2.25 bits per heavy atom. The SMILES string of the molecule is Cc1nn(C)cc1NC(c1ccco1)c1ccc(Cl)s1. The highest BCUT2D eigenvalue weighted by Crippen LogP contribution is 2.34. The number of nitrogens with zero attached hydrogens (tertiary/aromatic N) is 2. The molecule has 1 atom stereocenters. The molecule has 0 aliphatic rings. The second-order valence-electron chi connectivity index (χ2n) is 4.54. The van der Waals surface area contributed by atoms with Gasteiger partial charge in [-0.15, -0.1) is 11.3 Å². The van der Waals surface area contributed by atoms with E-state index in [1.165, 1.54) is 0 Å². The fourth-order valence-electron chi connectivity index (χ4n) is 2.12. The predicted octanol–water partition coefficient (Wildman–Crippen LogP) is 4.24. The largest absolute Gasteiger partial charge is 0.467 e. The van der Waals surface area contributed by atoms with Gasteiger partial charge < -0.3 is 9.73 Å². The van der Waals surface area contributed by atoms with Gasteiger partial charge in [0.05, 0.1) is 22.0 Å². The number of furan rings is 1. The Hall–Kier alpha value is -1.72. The van der Waals surface area contributed by atoms with Crippen molar-refractivity contribution in [3.05, 3.63) is 57.4 Å². The molecule has 104 valence electrons. The smallest absolute Gasteiger partial charge is 0.131 e. The number of hydrogen-bond donors (Lipinski definition) is 1. The molecule has 0 spiro atoms. The molecule has 0 bridgehead atoms. The van der Waals surface area contributed by atoms with Crippen molar-refractivity contribution < 1.29 is 4.42 Å². The van der Waals surface area contributed by atoms with Crippen LogP contribution >= 0.6 is 22.9 Å². The zero-order chi connectivity index (χ0) is 14.1. The standard InChI is InChI=1S/C14H14ClN3OS/c1-9-10(8-18(2)17-9)16-14(11-4-3-7-19-11)12-5-6-13(15)20-12/h3-8,14,16H,1-2H3. The monoisotopic (exact) mass is 307 g/mol. The van der Waals surface area contributed by atoms with Gasteiger partial charge in [-0.25, -0.2) is 0 Å². The van der Waals surface area contributed by atoms with Crippen LogP contribution in [0, 0.1) is 6.92 Å². The van der Waals surface area contributed by atoms with E-state index in [0.717, 1.165) is 26.4 Å². The molecule has 4 nitrogen and oxygen atoms in total. The van der Waals surface area contributed by atoms with E-state index in [1.807, 2.05) is 44.4 Å². The number of nitrogens with one attached hydrogen (secondary N) is 1. The number of rotatable bonds is 4. The van der Waals surface area contributed by atoms with E-state index >= 15 is 0 Å². The van der Waals surface area contributed by atoms with E-state index in [0.29, 0.717) is 0 Å². The molecule has 0 radical (unpaired) electrons. The maximum atomic E-state index is 6.05. The van der Waals surface area contributed by atoms with Crippen LogP contribution < -0.4 is 5.32 Å². The number of thiophene rings is 1. The summed E-state index contributed by atoms with van der Waals surface area (Å²) in [5.74, 6) is 0.853. The molecule has 3 aromatic heterocycles. The Kier molecular flexibility index (Phi) is 3.54. The molecule has 3 rings (SSSR count). The van der Waals surface area contributed by atoms with Crippen molar-refractivity contribution in [2.45, 2.75) is 13.0 Å². The number of aryl methyl sites for hydroxylation is 2. The van der Waals surface area contributed by atoms with Crippen LogP contribution in [0.15, 0.2) is 41.1 Å². The van der Waals surface area contributed by atoms with Crippen LogP contribution in [0.5, 0.6) is 0 Å². The van der Waals surface area contributed by atoms with Crippen LogP contribution in [0.2, 0.25) is 4.34 Å². The van der Waals surface area contributed by atoms with E-state index in [2.05, 4.69) is 10.4 Å². The van der Waals surface area contributed by atoms with Crippen molar-refractivity contribution in [1.29, 1.82) is 0 Å². The van der Waals surface area contributed by atoms with Crippen molar-refractivity contribution >= 4 is 28.6 Å². The number of anilines is 1. The third kappa shape index (κ3) is 2.59. The lowest BCUT2D eigenvalue weighted by Crippen LogP contribution is -2.10. The number of aromatic nitrogens is 2. The zero-order valence-corrected chi connectivity index (χ0v) is 12.7. The Bertz CT molecular complexity index is 702. The molecule has 0 saturated carbocycles. The Morgan fingerprint density at radius 3 is 2.80 bits per heavy atom. The van der Waals surface area contributed by atoms with Crippen molar-refractivity contribution in [1.82, 2.24) is 9.78 Å². The summed E-state index contributed by atoms with van der Waals surface area (Å²) in [6.07, 6.45) is 3.63. The molecular formula is C14H14ClN3OS. The van der Waals surface area contributed by atoms with E-state index in [9.17, 15) is 0 Å². The molecule has 0 aliphatic carbocycles. The second kappa shape index (κ2) is 5.34. The number of hydrogen-bond acceptors (Lipinski definition) is 4. The topological polar surface area (TPSA) is 43.0 Å². The third-order valence-corrected chi connectivity index (χ3v) is 4.32. The average Bonchev–Trinajstić information content (AvgIpc) is 3.09. The summed E-state index contributed by atoms with van der Waals surface area (Å²) in [5, 5.41) is 7.82. The maximum Gasteiger partial charge on any atom is 0.131 e. The lowest BCUT2D eigenvalue weighted by Gasteiger charge is -2.15. The first-order valence-electron chi connectivity index (χ1n) is 6.19. The fourth-order valence-corrected chi connectivity index (χ4v) is 3.24. The molecule has 0 aromatic carbocycles. The molecule has 1 N–H and O–H groups in total. The molecule has 3 heterocycles. The summed E-state index contributed by atoms with van der Waals surface area (Å²) in [6.45, 7) is 1.98. The lowest BCUT2D eigenvalue weighted by molar-refractivity contribution is 0.500. The first-order valence-corrected chi connectivity index (χ1v) is 7.38. The van der Waals surface area contributed by atoms with Crippen LogP contribution in [0.4, 0.5) is 5.69 Å². The van der Waals surface area contributed by atoms with Crippen molar-refractivity contribution in [2.24, 2.45) is 7.05 Å². The van der Waals surface area contributed by atoms with E-state index in [1.54, 1.807) is 22.3 Å². The minimum Gasteiger partial charge on any atom is -0.467 e. The third-order valence-electron chi connectivity index (χ3n) is 3.02. The molecule has 3 aromatic rings. The lowest BCUT2D eigenvalue weighted by atomic mass is 10.1. The van der Waals surface area contributed by atoms with Gasteiger partial charge in [-0.2, -0.15) is 5.10 Å². The molecule has 0 fully saturated rings. The highest BCUT2D eigenvalue weighted by Gasteiger charge is 2.20. The van der Waals surface area contributed by atoms with Gasteiger partial charge in [0.15, 0.2) is 0 Å². The van der Waals surface area contributed by atoms with Gasteiger partial charge in [0.25, 0.3) is 0 Å². The Labute approximate surface area is 126 Å². The zero-order valence-electron chi connectivity index (χ0n) is 11.1. The normalized spacial score (nSPS) is 12.6. The van der Waals surface area contributed by atoms with Gasteiger partial charge in [-0.05, 0) is 31.2 Å². The molecule has 0 saturated heterocycles. The van der Waals surface area contributed by atoms with Crippen molar-refractivity contribution in [3.63, 3.8) is 0 Å². The first-order chi connectivity index (χ1) is 9.63. The van der Waals surface area contributed by atoms with Crippen molar-refractivity contribution in [3.8, 4) is 0 Å². The van der Waals surface area contributed by atoms with Gasteiger partial charge in [-0.1, -0.05) is 11.6 Å². The Morgan fingerprint density at radius 1 is 1.40 bits per heavy atom. The van der Waals surface area contributed by atoms with Gasteiger partial charge in [0.1, 0.15) is 11.8 Å². The van der Waals surface area contributed by atoms with E-state index in [4.69, 9.17) is 16.0 Å². The van der Waals surface area contributed by atoms with Crippen LogP contribution in [-0.4, -0.2) is 9.78 Å². The molecule has 0 amide bonds. The fraction of sp³-hybridized carbons (Fsp3) is 0.214. The Balaban J connectivity index is 1.96. The molecular weight excluding hydrogens is 294 g/mol. The summed E-state index contributed by atoms with van der Waals surface area (Å²) in [6, 6.07) is 7.69. The van der Waals surface area contributed by atoms with Crippen molar-refractivity contribution in [2.75, 3.05) is 5.32 Å². The summed E-state index contributed by atoms with van der Waals surface area (Å²) in [5.41, 5.74) is 1.94. The van der Waals surface area contributed by atoms with Gasteiger partial charge in [0.2, 0.25) is 0 Å². The molecule has 6 heteroatoms. The van der Waals surface area contributed by atoms with Crippen LogP contribution in [0.1, 0.15) is 22.4 Å². The minimum absolute atomic E-state index is 0.0644. The molecule has 20 heavy (non-hydrogen) atoms.